The number of hydrogen-bond acceptors (Lipinski definition) is 4. The van der Waals surface area contributed by atoms with E-state index in [1.807, 2.05) is 18.3 Å². The summed E-state index contributed by atoms with van der Waals surface area (Å²) < 4.78 is 0. The van der Waals surface area contributed by atoms with Gasteiger partial charge in [-0.2, -0.15) is 0 Å². The first kappa shape index (κ1) is 15.0. The van der Waals surface area contributed by atoms with Crippen LogP contribution in [0.1, 0.15) is 24.3 Å². The number of nitrogen functional groups attached to an aromatic ring is 1. The molecule has 0 radical (unpaired) electrons. The maximum absolute atomic E-state index is 6.05. The summed E-state index contributed by atoms with van der Waals surface area (Å²) in [7, 11) is 0. The molecule has 0 saturated heterocycles. The minimum Gasteiger partial charge on any atom is -0.383 e. The number of benzene rings is 2. The molecule has 0 amide bonds. The predicted molar refractivity (Wildman–Crippen MR) is 105 cm³/mol. The zero-order valence-corrected chi connectivity index (χ0v) is 14.3. The van der Waals surface area contributed by atoms with E-state index in [0.29, 0.717) is 5.82 Å². The van der Waals surface area contributed by atoms with Crippen LogP contribution in [0.5, 0.6) is 0 Å². The van der Waals surface area contributed by atoms with Crippen molar-refractivity contribution in [1.82, 2.24) is 15.0 Å². The number of nitrogens with two attached hydrogens (primary N) is 1. The fourth-order valence-corrected chi connectivity index (χ4v) is 3.47. The van der Waals surface area contributed by atoms with Gasteiger partial charge in [0.25, 0.3) is 0 Å². The lowest BCUT2D eigenvalue weighted by Crippen LogP contribution is -1.94. The molecule has 2 N–H and O–H groups in total. The van der Waals surface area contributed by atoms with Crippen molar-refractivity contribution >= 4 is 16.7 Å². The predicted octanol–water partition coefficient (Wildman–Crippen LogP) is 4.82. The fourth-order valence-electron chi connectivity index (χ4n) is 3.47. The summed E-state index contributed by atoms with van der Waals surface area (Å²) in [4.78, 5) is 13.1. The van der Waals surface area contributed by atoms with Crippen molar-refractivity contribution in [3.63, 3.8) is 0 Å². The summed E-state index contributed by atoms with van der Waals surface area (Å²) in [5, 5.41) is 0.867. The first-order chi connectivity index (χ1) is 12.8. The summed E-state index contributed by atoms with van der Waals surface area (Å²) in [6, 6.07) is 19.0. The third-order valence-electron chi connectivity index (χ3n) is 4.99. The van der Waals surface area contributed by atoms with E-state index < -0.39 is 0 Å². The van der Waals surface area contributed by atoms with Gasteiger partial charge in [0.1, 0.15) is 12.1 Å². The third-order valence-corrected chi connectivity index (χ3v) is 4.99. The highest BCUT2D eigenvalue weighted by Crippen LogP contribution is 2.41. The Morgan fingerprint density at radius 3 is 2.65 bits per heavy atom. The van der Waals surface area contributed by atoms with Crippen molar-refractivity contribution in [2.45, 2.75) is 18.8 Å². The Morgan fingerprint density at radius 1 is 0.846 bits per heavy atom. The van der Waals surface area contributed by atoms with Crippen molar-refractivity contribution in [2.24, 2.45) is 0 Å². The molecular formula is C22H18N4. The van der Waals surface area contributed by atoms with Gasteiger partial charge in [-0.15, -0.1) is 0 Å². The van der Waals surface area contributed by atoms with E-state index in [1.165, 1.54) is 24.7 Å². The first-order valence-electron chi connectivity index (χ1n) is 8.85. The molecule has 4 aromatic rings. The SMILES string of the molecule is Nc1ncnc2ccc(-c3cccnc3-c3cccc(C4CC4)c3)cc12. The van der Waals surface area contributed by atoms with Crippen LogP contribution in [0.15, 0.2) is 67.1 Å². The van der Waals surface area contributed by atoms with Crippen LogP contribution >= 0.6 is 0 Å². The third kappa shape index (κ3) is 2.60. The van der Waals surface area contributed by atoms with Gasteiger partial charge >= 0.3 is 0 Å². The molecule has 0 unspecified atom stereocenters. The number of anilines is 1. The average molecular weight is 338 g/mol. The molecule has 0 aliphatic heterocycles. The number of pyridine rings is 1. The molecule has 2 heterocycles. The molecule has 0 spiro atoms. The van der Waals surface area contributed by atoms with Gasteiger partial charge in [-0.3, -0.25) is 4.98 Å². The molecule has 1 fully saturated rings. The highest BCUT2D eigenvalue weighted by Gasteiger charge is 2.23. The summed E-state index contributed by atoms with van der Waals surface area (Å²) in [5.74, 6) is 1.22. The van der Waals surface area contributed by atoms with Gasteiger partial charge in [0.15, 0.2) is 0 Å². The Hall–Kier alpha value is -3.27. The lowest BCUT2D eigenvalue weighted by Gasteiger charge is -2.11. The number of aromatic nitrogens is 3. The Morgan fingerprint density at radius 2 is 1.77 bits per heavy atom. The number of fused-ring (bicyclic) bond motifs is 1. The highest BCUT2D eigenvalue weighted by molar-refractivity contribution is 5.93. The van der Waals surface area contributed by atoms with Crippen molar-refractivity contribution in [3.05, 3.63) is 72.7 Å². The molecule has 126 valence electrons. The van der Waals surface area contributed by atoms with Gasteiger partial charge < -0.3 is 5.73 Å². The Kier molecular flexibility index (Phi) is 3.42. The van der Waals surface area contributed by atoms with Crippen molar-refractivity contribution in [3.8, 4) is 22.4 Å². The smallest absolute Gasteiger partial charge is 0.134 e. The van der Waals surface area contributed by atoms with Crippen LogP contribution in [0.3, 0.4) is 0 Å². The van der Waals surface area contributed by atoms with E-state index in [0.717, 1.165) is 39.2 Å². The fraction of sp³-hybridized carbons (Fsp3) is 0.136. The number of nitrogens with zero attached hydrogens (tertiary/aromatic N) is 3. The van der Waals surface area contributed by atoms with E-state index in [1.54, 1.807) is 0 Å². The van der Waals surface area contributed by atoms with E-state index in [2.05, 4.69) is 57.4 Å². The van der Waals surface area contributed by atoms with Gasteiger partial charge in [-0.05, 0) is 54.2 Å². The van der Waals surface area contributed by atoms with E-state index in [4.69, 9.17) is 5.73 Å². The minimum absolute atomic E-state index is 0.498. The topological polar surface area (TPSA) is 64.7 Å². The Bertz CT molecular complexity index is 1120. The Labute approximate surface area is 151 Å². The quantitative estimate of drug-likeness (QED) is 0.582. The van der Waals surface area contributed by atoms with Crippen molar-refractivity contribution in [1.29, 1.82) is 0 Å². The number of rotatable bonds is 3. The van der Waals surface area contributed by atoms with Crippen LogP contribution in [-0.2, 0) is 0 Å². The van der Waals surface area contributed by atoms with Crippen LogP contribution in [0.2, 0.25) is 0 Å². The maximum atomic E-state index is 6.05. The molecule has 4 nitrogen and oxygen atoms in total. The van der Waals surface area contributed by atoms with Crippen LogP contribution in [0.4, 0.5) is 5.82 Å². The summed E-state index contributed by atoms with van der Waals surface area (Å²) in [5.41, 5.74) is 12.6. The minimum atomic E-state index is 0.498. The first-order valence-corrected chi connectivity index (χ1v) is 8.85. The lowest BCUT2D eigenvalue weighted by molar-refractivity contribution is 1.13. The molecule has 1 aliphatic rings. The van der Waals surface area contributed by atoms with Crippen molar-refractivity contribution < 1.29 is 0 Å². The molecule has 4 heteroatoms. The lowest BCUT2D eigenvalue weighted by atomic mass is 9.96. The van der Waals surface area contributed by atoms with E-state index in [-0.39, 0.29) is 0 Å². The molecule has 2 aromatic carbocycles. The average Bonchev–Trinajstić information content (AvgIpc) is 3.54. The van der Waals surface area contributed by atoms with Crippen LogP contribution in [0.25, 0.3) is 33.3 Å². The number of hydrogen-bond donors (Lipinski definition) is 1. The second-order valence-electron chi connectivity index (χ2n) is 6.79. The standard InChI is InChI=1S/C22H18N4/c23-22-19-12-16(8-9-20(19)25-13-26-22)18-5-2-10-24-21(18)17-4-1-3-15(11-17)14-6-7-14/h1-5,8-14H,6-7H2,(H2,23,25,26). The van der Waals surface area contributed by atoms with E-state index in [9.17, 15) is 0 Å². The molecule has 0 atom stereocenters. The molecular weight excluding hydrogens is 320 g/mol. The van der Waals surface area contributed by atoms with Crippen LogP contribution in [-0.4, -0.2) is 15.0 Å². The van der Waals surface area contributed by atoms with Gasteiger partial charge in [-0.1, -0.05) is 30.3 Å². The molecule has 0 bridgehead atoms. The maximum Gasteiger partial charge on any atom is 0.134 e. The zero-order chi connectivity index (χ0) is 17.5. The summed E-state index contributed by atoms with van der Waals surface area (Å²) in [6.45, 7) is 0. The summed E-state index contributed by atoms with van der Waals surface area (Å²) >= 11 is 0. The zero-order valence-electron chi connectivity index (χ0n) is 14.3. The molecule has 2 aromatic heterocycles. The largest absolute Gasteiger partial charge is 0.383 e. The van der Waals surface area contributed by atoms with Gasteiger partial charge in [0, 0.05) is 22.7 Å². The molecule has 26 heavy (non-hydrogen) atoms. The van der Waals surface area contributed by atoms with Crippen LogP contribution < -0.4 is 5.73 Å². The highest BCUT2D eigenvalue weighted by atomic mass is 14.9. The summed E-state index contributed by atoms with van der Waals surface area (Å²) in [6.07, 6.45) is 5.93. The van der Waals surface area contributed by atoms with Crippen LogP contribution in [0, 0.1) is 0 Å². The molecule has 1 saturated carbocycles. The Balaban J connectivity index is 1.67. The van der Waals surface area contributed by atoms with Gasteiger partial charge in [0.05, 0.1) is 11.2 Å². The second kappa shape index (κ2) is 5.92. The second-order valence-corrected chi connectivity index (χ2v) is 6.79. The van der Waals surface area contributed by atoms with E-state index >= 15 is 0 Å². The monoisotopic (exact) mass is 338 g/mol. The normalized spacial score (nSPS) is 13.8. The van der Waals surface area contributed by atoms with Gasteiger partial charge in [-0.25, -0.2) is 9.97 Å². The van der Waals surface area contributed by atoms with Gasteiger partial charge in [0.2, 0.25) is 0 Å². The molecule has 5 rings (SSSR count). The van der Waals surface area contributed by atoms with Crippen molar-refractivity contribution in [2.75, 3.05) is 5.73 Å². The molecule has 1 aliphatic carbocycles.